The zero-order chi connectivity index (χ0) is 15.4. The van der Waals surface area contributed by atoms with Gasteiger partial charge in [-0.25, -0.2) is 0 Å². The molecule has 110 valence electrons. The first-order chi connectivity index (χ1) is 10.0. The Morgan fingerprint density at radius 1 is 1.24 bits per heavy atom. The Labute approximate surface area is 128 Å². The molecule has 5 heteroatoms. The average molecular weight is 306 g/mol. The van der Waals surface area contributed by atoms with Gasteiger partial charge in [0.05, 0.1) is 12.1 Å². The van der Waals surface area contributed by atoms with Crippen molar-refractivity contribution in [1.29, 1.82) is 0 Å². The molecule has 0 heterocycles. The first-order valence-corrected chi connectivity index (χ1v) is 6.74. The van der Waals surface area contributed by atoms with Gasteiger partial charge in [0.2, 0.25) is 5.91 Å². The van der Waals surface area contributed by atoms with Gasteiger partial charge in [-0.1, -0.05) is 41.4 Å². The second kappa shape index (κ2) is 6.50. The molecular weight excluding hydrogens is 290 g/mol. The van der Waals surface area contributed by atoms with E-state index >= 15 is 0 Å². The van der Waals surface area contributed by atoms with E-state index in [0.29, 0.717) is 18.1 Å². The van der Waals surface area contributed by atoms with Crippen LogP contribution in [0.3, 0.4) is 0 Å². The van der Waals surface area contributed by atoms with E-state index in [9.17, 15) is 4.79 Å². The fourth-order valence-corrected chi connectivity index (χ4v) is 2.11. The maximum atomic E-state index is 11.2. The molecule has 4 nitrogen and oxygen atoms in total. The number of aryl methyl sites for hydroxylation is 1. The number of methoxy groups -OCH3 is 1. The fraction of sp³-hybridized carbons (Fsp3) is 0.188. The van der Waals surface area contributed by atoms with Crippen molar-refractivity contribution >= 4 is 17.5 Å². The zero-order valence-corrected chi connectivity index (χ0v) is 12.6. The van der Waals surface area contributed by atoms with E-state index in [1.807, 2.05) is 31.2 Å². The maximum absolute atomic E-state index is 11.2. The molecule has 2 aromatic carbocycles. The second-order valence-electron chi connectivity index (χ2n) is 4.63. The average Bonchev–Trinajstić information content (AvgIpc) is 2.46. The highest BCUT2D eigenvalue weighted by Gasteiger charge is 2.14. The number of hydrogen-bond donors (Lipinski definition) is 1. The monoisotopic (exact) mass is 305 g/mol. The van der Waals surface area contributed by atoms with Crippen molar-refractivity contribution in [3.05, 3.63) is 58.1 Å². The molecule has 0 aliphatic heterocycles. The normalized spacial score (nSPS) is 10.2. The van der Waals surface area contributed by atoms with Gasteiger partial charge >= 0.3 is 0 Å². The van der Waals surface area contributed by atoms with E-state index in [1.165, 1.54) is 24.8 Å². The van der Waals surface area contributed by atoms with Crippen molar-refractivity contribution in [3.63, 3.8) is 0 Å². The van der Waals surface area contributed by atoms with Crippen LogP contribution in [-0.2, 0) is 6.61 Å². The molecule has 0 radical (unpaired) electrons. The van der Waals surface area contributed by atoms with Gasteiger partial charge in [-0.3, -0.25) is 4.79 Å². The highest BCUT2D eigenvalue weighted by molar-refractivity contribution is 6.32. The Morgan fingerprint density at radius 3 is 2.48 bits per heavy atom. The third kappa shape index (κ3) is 3.67. The lowest BCUT2D eigenvalue weighted by atomic mass is 10.1. The summed E-state index contributed by atoms with van der Waals surface area (Å²) in [5, 5.41) is 0.287. The van der Waals surface area contributed by atoms with E-state index in [2.05, 4.69) is 0 Å². The van der Waals surface area contributed by atoms with Crippen LogP contribution in [0, 0.1) is 6.92 Å². The van der Waals surface area contributed by atoms with Crippen LogP contribution >= 0.6 is 11.6 Å². The van der Waals surface area contributed by atoms with Crippen LogP contribution in [-0.4, -0.2) is 13.0 Å². The summed E-state index contributed by atoms with van der Waals surface area (Å²) in [6.07, 6.45) is 0. The molecule has 0 aliphatic carbocycles. The number of primary amides is 1. The van der Waals surface area contributed by atoms with Gasteiger partial charge in [0.25, 0.3) is 0 Å². The quantitative estimate of drug-likeness (QED) is 0.921. The smallest absolute Gasteiger partial charge is 0.248 e. The molecule has 0 bridgehead atoms. The summed E-state index contributed by atoms with van der Waals surface area (Å²) in [5.74, 6) is 0.202. The summed E-state index contributed by atoms with van der Waals surface area (Å²) in [7, 11) is 1.48. The number of carbonyl (C=O) groups is 1. The molecule has 0 saturated heterocycles. The van der Waals surface area contributed by atoms with Crippen molar-refractivity contribution < 1.29 is 14.3 Å². The largest absolute Gasteiger partial charge is 0.493 e. The standard InChI is InChI=1S/C16H16ClNO3/c1-10-3-5-11(6-4-10)9-21-15-13(17)7-12(16(18)19)8-14(15)20-2/h3-8H,9H2,1-2H3,(H2,18,19). The van der Waals surface area contributed by atoms with Gasteiger partial charge in [0, 0.05) is 5.56 Å². The van der Waals surface area contributed by atoms with Crippen LogP contribution in [0.25, 0.3) is 0 Å². The highest BCUT2D eigenvalue weighted by atomic mass is 35.5. The number of ether oxygens (including phenoxy) is 2. The van der Waals surface area contributed by atoms with Crippen LogP contribution in [0.5, 0.6) is 11.5 Å². The van der Waals surface area contributed by atoms with Crippen molar-refractivity contribution in [2.45, 2.75) is 13.5 Å². The van der Waals surface area contributed by atoms with Gasteiger partial charge < -0.3 is 15.2 Å². The highest BCUT2D eigenvalue weighted by Crippen LogP contribution is 2.36. The summed E-state index contributed by atoms with van der Waals surface area (Å²) in [4.78, 5) is 11.2. The topological polar surface area (TPSA) is 61.5 Å². The molecule has 2 rings (SSSR count). The first kappa shape index (κ1) is 15.2. The molecule has 1 amide bonds. The van der Waals surface area contributed by atoms with Crippen molar-refractivity contribution in [2.75, 3.05) is 7.11 Å². The van der Waals surface area contributed by atoms with Gasteiger partial charge in [0.15, 0.2) is 11.5 Å². The molecule has 0 aliphatic rings. The summed E-state index contributed by atoms with van der Waals surface area (Å²) in [6, 6.07) is 11.0. The molecule has 0 unspecified atom stereocenters. The number of amides is 1. The number of benzene rings is 2. The summed E-state index contributed by atoms with van der Waals surface area (Å²) in [6.45, 7) is 2.37. The number of halogens is 1. The predicted octanol–water partition coefficient (Wildman–Crippen LogP) is 3.33. The third-order valence-corrected chi connectivity index (χ3v) is 3.30. The number of carbonyl (C=O) groups excluding carboxylic acids is 1. The van der Waals surface area contributed by atoms with Crippen LogP contribution in [0.2, 0.25) is 5.02 Å². The molecule has 0 spiro atoms. The van der Waals surface area contributed by atoms with Crippen LogP contribution in [0.1, 0.15) is 21.5 Å². The molecule has 21 heavy (non-hydrogen) atoms. The van der Waals surface area contributed by atoms with Crippen LogP contribution in [0.4, 0.5) is 0 Å². The lowest BCUT2D eigenvalue weighted by Gasteiger charge is -2.13. The lowest BCUT2D eigenvalue weighted by Crippen LogP contribution is -2.11. The van der Waals surface area contributed by atoms with E-state index < -0.39 is 5.91 Å². The van der Waals surface area contributed by atoms with E-state index in [4.69, 9.17) is 26.8 Å². The van der Waals surface area contributed by atoms with Gasteiger partial charge in [-0.15, -0.1) is 0 Å². The van der Waals surface area contributed by atoms with Gasteiger partial charge in [-0.2, -0.15) is 0 Å². The van der Waals surface area contributed by atoms with Gasteiger partial charge in [0.1, 0.15) is 6.61 Å². The summed E-state index contributed by atoms with van der Waals surface area (Å²) >= 11 is 6.14. The van der Waals surface area contributed by atoms with E-state index in [-0.39, 0.29) is 10.6 Å². The molecule has 0 atom stereocenters. The Kier molecular flexibility index (Phi) is 4.70. The number of rotatable bonds is 5. The SMILES string of the molecule is COc1cc(C(N)=O)cc(Cl)c1OCc1ccc(C)cc1. The van der Waals surface area contributed by atoms with Crippen molar-refractivity contribution in [3.8, 4) is 11.5 Å². The minimum absolute atomic E-state index is 0.277. The molecule has 0 fully saturated rings. The maximum Gasteiger partial charge on any atom is 0.248 e. The first-order valence-electron chi connectivity index (χ1n) is 6.37. The molecule has 2 N–H and O–H groups in total. The predicted molar refractivity (Wildman–Crippen MR) is 82.0 cm³/mol. The lowest BCUT2D eigenvalue weighted by molar-refractivity contribution is 0.1000. The van der Waals surface area contributed by atoms with Crippen molar-refractivity contribution in [2.24, 2.45) is 5.73 Å². The fourth-order valence-electron chi connectivity index (χ4n) is 1.84. The van der Waals surface area contributed by atoms with Crippen molar-refractivity contribution in [1.82, 2.24) is 0 Å². The molecule has 0 saturated carbocycles. The minimum atomic E-state index is -0.569. The van der Waals surface area contributed by atoms with Crippen LogP contribution < -0.4 is 15.2 Å². The third-order valence-electron chi connectivity index (χ3n) is 3.02. The number of hydrogen-bond acceptors (Lipinski definition) is 3. The molecular formula is C16H16ClNO3. The Morgan fingerprint density at radius 2 is 1.90 bits per heavy atom. The Bertz CT molecular complexity index is 653. The number of nitrogens with two attached hydrogens (primary N) is 1. The van der Waals surface area contributed by atoms with Crippen LogP contribution in [0.15, 0.2) is 36.4 Å². The van der Waals surface area contributed by atoms with E-state index in [0.717, 1.165) is 5.56 Å². The van der Waals surface area contributed by atoms with E-state index in [1.54, 1.807) is 0 Å². The Hall–Kier alpha value is -2.20. The zero-order valence-electron chi connectivity index (χ0n) is 11.9. The minimum Gasteiger partial charge on any atom is -0.493 e. The Balaban J connectivity index is 2.23. The summed E-state index contributed by atoms with van der Waals surface area (Å²) in [5.41, 5.74) is 7.71. The molecule has 0 aromatic heterocycles. The second-order valence-corrected chi connectivity index (χ2v) is 5.04. The van der Waals surface area contributed by atoms with Gasteiger partial charge in [-0.05, 0) is 24.6 Å². The molecule has 2 aromatic rings. The summed E-state index contributed by atoms with van der Waals surface area (Å²) < 4.78 is 10.9.